The first-order chi connectivity index (χ1) is 10.7. The van der Waals surface area contributed by atoms with Crippen molar-refractivity contribution in [1.29, 1.82) is 0 Å². The summed E-state index contributed by atoms with van der Waals surface area (Å²) < 4.78 is 0. The molecule has 1 saturated heterocycles. The summed E-state index contributed by atoms with van der Waals surface area (Å²) >= 11 is 5.81. The largest absolute Gasteiger partial charge is 0.355 e. The number of rotatable bonds is 4. The lowest BCUT2D eigenvalue weighted by molar-refractivity contribution is 0.177. The molecule has 5 heteroatoms. The van der Waals surface area contributed by atoms with Gasteiger partial charge in [-0.3, -0.25) is 0 Å². The van der Waals surface area contributed by atoms with Gasteiger partial charge in [0.05, 0.1) is 0 Å². The minimum atomic E-state index is 0.452. The highest BCUT2D eigenvalue weighted by Crippen LogP contribution is 2.24. The van der Waals surface area contributed by atoms with Crippen molar-refractivity contribution in [2.45, 2.75) is 38.1 Å². The van der Waals surface area contributed by atoms with Crippen LogP contribution in [0.15, 0.2) is 24.3 Å². The van der Waals surface area contributed by atoms with Crippen molar-refractivity contribution in [3.05, 3.63) is 29.4 Å². The molecule has 0 N–H and O–H groups in total. The molecular formula is C17H25ClN4. The molecule has 2 aliphatic rings. The summed E-state index contributed by atoms with van der Waals surface area (Å²) in [4.78, 5) is 4.89. The number of halogens is 1. The van der Waals surface area contributed by atoms with Crippen LogP contribution in [0.25, 0.3) is 0 Å². The Labute approximate surface area is 138 Å². The first-order valence-electron chi connectivity index (χ1n) is 8.32. The van der Waals surface area contributed by atoms with Crippen LogP contribution in [0.4, 0.5) is 5.82 Å². The molecule has 1 aromatic rings. The molecule has 0 saturated carbocycles. The molecule has 1 aromatic heterocycles. The van der Waals surface area contributed by atoms with E-state index in [0.29, 0.717) is 11.2 Å². The molecule has 3 rings (SSSR count). The van der Waals surface area contributed by atoms with Gasteiger partial charge in [-0.2, -0.15) is 0 Å². The molecule has 0 radical (unpaired) electrons. The Morgan fingerprint density at radius 3 is 2.64 bits per heavy atom. The van der Waals surface area contributed by atoms with Gasteiger partial charge in [-0.15, -0.1) is 10.2 Å². The van der Waals surface area contributed by atoms with Crippen LogP contribution in [0.2, 0.25) is 5.15 Å². The van der Waals surface area contributed by atoms with Crippen molar-refractivity contribution in [1.82, 2.24) is 15.1 Å². The summed E-state index contributed by atoms with van der Waals surface area (Å²) in [5, 5.41) is 8.59. The maximum absolute atomic E-state index is 5.81. The van der Waals surface area contributed by atoms with E-state index in [1.165, 1.54) is 51.7 Å². The third-order valence-electron chi connectivity index (χ3n) is 4.98. The molecule has 0 bridgehead atoms. The van der Waals surface area contributed by atoms with Crippen LogP contribution in [-0.4, -0.2) is 47.8 Å². The van der Waals surface area contributed by atoms with Crippen molar-refractivity contribution in [3.8, 4) is 0 Å². The Morgan fingerprint density at radius 2 is 2.00 bits per heavy atom. The first-order valence-corrected chi connectivity index (χ1v) is 8.69. The monoisotopic (exact) mass is 320 g/mol. The molecule has 1 aliphatic heterocycles. The Balaban J connectivity index is 1.48. The molecule has 1 unspecified atom stereocenters. The van der Waals surface area contributed by atoms with E-state index >= 15 is 0 Å². The number of aromatic nitrogens is 2. The molecule has 0 spiro atoms. The van der Waals surface area contributed by atoms with Gasteiger partial charge in [-0.1, -0.05) is 23.8 Å². The number of anilines is 1. The number of hydrogen-bond donors (Lipinski definition) is 0. The topological polar surface area (TPSA) is 32.3 Å². The average Bonchev–Trinajstić information content (AvgIpc) is 2.57. The lowest BCUT2D eigenvalue weighted by Crippen LogP contribution is -2.45. The number of piperidine rings is 1. The highest BCUT2D eigenvalue weighted by Gasteiger charge is 2.25. The molecular weight excluding hydrogens is 296 g/mol. The molecule has 22 heavy (non-hydrogen) atoms. The lowest BCUT2D eigenvalue weighted by atomic mass is 9.93. The van der Waals surface area contributed by atoms with Gasteiger partial charge in [-0.05, 0) is 50.2 Å². The van der Waals surface area contributed by atoms with Crippen LogP contribution in [0.3, 0.4) is 0 Å². The number of hydrogen-bond acceptors (Lipinski definition) is 4. The standard InChI is InChI=1S/C17H25ClN4/c1-21(17-8-7-16(18)19-20-17)15-9-11-22(12-10-15)13-14-5-3-2-4-6-14/h2-3,7-8,14-15H,4-6,9-13H2,1H3. The fourth-order valence-corrected chi connectivity index (χ4v) is 3.66. The second kappa shape index (κ2) is 7.42. The van der Waals surface area contributed by atoms with Crippen molar-refractivity contribution >= 4 is 17.4 Å². The number of nitrogens with zero attached hydrogens (tertiary/aromatic N) is 4. The van der Waals surface area contributed by atoms with E-state index in [1.807, 2.05) is 12.1 Å². The van der Waals surface area contributed by atoms with E-state index in [2.05, 4.69) is 39.2 Å². The van der Waals surface area contributed by atoms with Gasteiger partial charge >= 0.3 is 0 Å². The van der Waals surface area contributed by atoms with E-state index in [4.69, 9.17) is 11.6 Å². The highest BCUT2D eigenvalue weighted by molar-refractivity contribution is 6.29. The second-order valence-electron chi connectivity index (χ2n) is 6.51. The molecule has 120 valence electrons. The maximum atomic E-state index is 5.81. The lowest BCUT2D eigenvalue weighted by Gasteiger charge is -2.38. The summed E-state index contributed by atoms with van der Waals surface area (Å²) in [6.07, 6.45) is 11.0. The third kappa shape index (κ3) is 3.99. The number of likely N-dealkylation sites (tertiary alicyclic amines) is 1. The van der Waals surface area contributed by atoms with Crippen LogP contribution in [-0.2, 0) is 0 Å². The van der Waals surface area contributed by atoms with Crippen LogP contribution in [0.5, 0.6) is 0 Å². The van der Waals surface area contributed by atoms with Gasteiger partial charge in [0.2, 0.25) is 0 Å². The second-order valence-corrected chi connectivity index (χ2v) is 6.89. The van der Waals surface area contributed by atoms with Gasteiger partial charge in [0, 0.05) is 32.7 Å². The molecule has 4 nitrogen and oxygen atoms in total. The highest BCUT2D eigenvalue weighted by atomic mass is 35.5. The van der Waals surface area contributed by atoms with Crippen molar-refractivity contribution < 1.29 is 0 Å². The fourth-order valence-electron chi connectivity index (χ4n) is 3.56. The maximum Gasteiger partial charge on any atom is 0.151 e. The number of allylic oxidation sites excluding steroid dienone is 2. The zero-order valence-electron chi connectivity index (χ0n) is 13.3. The van der Waals surface area contributed by atoms with Crippen LogP contribution in [0.1, 0.15) is 32.1 Å². The minimum absolute atomic E-state index is 0.452. The summed E-state index contributed by atoms with van der Waals surface area (Å²) in [5.41, 5.74) is 0. The molecule has 0 amide bonds. The summed E-state index contributed by atoms with van der Waals surface area (Å²) in [5.74, 6) is 1.78. The van der Waals surface area contributed by atoms with E-state index in [-0.39, 0.29) is 0 Å². The van der Waals surface area contributed by atoms with Gasteiger partial charge in [0.25, 0.3) is 0 Å². The summed E-state index contributed by atoms with van der Waals surface area (Å²) in [7, 11) is 2.12. The van der Waals surface area contributed by atoms with Crippen LogP contribution < -0.4 is 4.90 Å². The Bertz CT molecular complexity index is 494. The summed E-state index contributed by atoms with van der Waals surface area (Å²) in [6, 6.07) is 4.32. The van der Waals surface area contributed by atoms with Gasteiger partial charge < -0.3 is 9.80 Å². The summed E-state index contributed by atoms with van der Waals surface area (Å²) in [6.45, 7) is 3.65. The van der Waals surface area contributed by atoms with Crippen molar-refractivity contribution in [2.75, 3.05) is 31.6 Å². The Hall–Kier alpha value is -1.13. The van der Waals surface area contributed by atoms with Crippen molar-refractivity contribution in [3.63, 3.8) is 0 Å². The van der Waals surface area contributed by atoms with Crippen LogP contribution >= 0.6 is 11.6 Å². The third-order valence-corrected chi connectivity index (χ3v) is 5.18. The molecule has 1 fully saturated rings. The Kier molecular flexibility index (Phi) is 5.32. The van der Waals surface area contributed by atoms with E-state index in [9.17, 15) is 0 Å². The predicted molar refractivity (Wildman–Crippen MR) is 91.4 cm³/mol. The zero-order chi connectivity index (χ0) is 15.4. The zero-order valence-corrected chi connectivity index (χ0v) is 14.0. The van der Waals surface area contributed by atoms with E-state index in [0.717, 1.165) is 11.7 Å². The smallest absolute Gasteiger partial charge is 0.151 e. The normalized spacial score (nSPS) is 23.6. The Morgan fingerprint density at radius 1 is 1.18 bits per heavy atom. The molecule has 1 atom stereocenters. The molecule has 0 aromatic carbocycles. The first kappa shape index (κ1) is 15.8. The van der Waals surface area contributed by atoms with Crippen molar-refractivity contribution in [2.24, 2.45) is 5.92 Å². The van der Waals surface area contributed by atoms with Gasteiger partial charge in [-0.25, -0.2) is 0 Å². The molecule has 2 heterocycles. The van der Waals surface area contributed by atoms with E-state index in [1.54, 1.807) is 0 Å². The van der Waals surface area contributed by atoms with E-state index < -0.39 is 0 Å². The SMILES string of the molecule is CN(c1ccc(Cl)nn1)C1CCN(CC2CC=CCC2)CC1. The minimum Gasteiger partial charge on any atom is -0.355 e. The molecule has 1 aliphatic carbocycles. The quantitative estimate of drug-likeness (QED) is 0.796. The van der Waals surface area contributed by atoms with Gasteiger partial charge in [0.1, 0.15) is 0 Å². The average molecular weight is 321 g/mol. The van der Waals surface area contributed by atoms with Crippen LogP contribution in [0, 0.1) is 5.92 Å². The fraction of sp³-hybridized carbons (Fsp3) is 0.647. The van der Waals surface area contributed by atoms with Gasteiger partial charge in [0.15, 0.2) is 11.0 Å². The predicted octanol–water partition coefficient (Wildman–Crippen LogP) is 3.39.